The van der Waals surface area contributed by atoms with Crippen LogP contribution in [0.25, 0.3) is 21.9 Å². The summed E-state index contributed by atoms with van der Waals surface area (Å²) in [5, 5.41) is 2.45. The zero-order chi connectivity index (χ0) is 23.6. The number of fused-ring (bicyclic) bond motifs is 3. The van der Waals surface area contributed by atoms with Crippen LogP contribution in [0.3, 0.4) is 0 Å². The summed E-state index contributed by atoms with van der Waals surface area (Å²) in [6.07, 6.45) is 14.4. The van der Waals surface area contributed by atoms with Crippen molar-refractivity contribution in [1.29, 1.82) is 0 Å². The van der Waals surface area contributed by atoms with Gasteiger partial charge >= 0.3 is 0 Å². The highest BCUT2D eigenvalue weighted by Gasteiger charge is 2.31. The van der Waals surface area contributed by atoms with Crippen molar-refractivity contribution in [3.63, 3.8) is 0 Å². The third-order valence-corrected chi connectivity index (χ3v) is 7.83. The molecule has 0 amide bonds. The smallest absolute Gasteiger partial charge is 0.137 e. The van der Waals surface area contributed by atoms with Crippen molar-refractivity contribution in [3.05, 3.63) is 67.0 Å². The predicted octanol–water partition coefficient (Wildman–Crippen LogP) is 5.75. The van der Waals surface area contributed by atoms with E-state index in [0.717, 1.165) is 42.2 Å². The summed E-state index contributed by atoms with van der Waals surface area (Å²) in [4.78, 5) is 15.1. The summed E-state index contributed by atoms with van der Waals surface area (Å²) >= 11 is 0. The van der Waals surface area contributed by atoms with E-state index in [1.54, 1.807) is 7.11 Å². The fourth-order valence-electron chi connectivity index (χ4n) is 5.98. The number of ether oxygens (including phenoxy) is 2. The maximum atomic E-state index is 6.12. The summed E-state index contributed by atoms with van der Waals surface area (Å²) in [7, 11) is 1.69. The van der Waals surface area contributed by atoms with Gasteiger partial charge in [-0.05, 0) is 92.9 Å². The van der Waals surface area contributed by atoms with E-state index in [1.165, 1.54) is 48.6 Å². The molecular weight excluding hydrogens is 436 g/mol. The molecule has 4 heterocycles. The topological polar surface area (TPSA) is 63.3 Å². The third kappa shape index (κ3) is 4.59. The van der Waals surface area contributed by atoms with Gasteiger partial charge in [0.2, 0.25) is 0 Å². The minimum Gasteiger partial charge on any atom is -0.497 e. The van der Waals surface area contributed by atoms with Gasteiger partial charge in [0, 0.05) is 41.7 Å². The first-order valence-corrected chi connectivity index (χ1v) is 12.8. The first kappa shape index (κ1) is 22.4. The lowest BCUT2D eigenvalue weighted by molar-refractivity contribution is 0.0933. The van der Waals surface area contributed by atoms with E-state index < -0.39 is 0 Å². The Labute approximate surface area is 206 Å². The molecule has 6 rings (SSSR count). The Kier molecular flexibility index (Phi) is 6.30. The normalized spacial score (nSPS) is 23.5. The third-order valence-electron chi connectivity index (χ3n) is 7.83. The van der Waals surface area contributed by atoms with Crippen molar-refractivity contribution in [3.8, 4) is 11.5 Å². The quantitative estimate of drug-likeness (QED) is 0.389. The van der Waals surface area contributed by atoms with E-state index in [2.05, 4.69) is 38.4 Å². The molecule has 1 N–H and O–H groups in total. The van der Waals surface area contributed by atoms with Gasteiger partial charge in [0.05, 0.1) is 25.4 Å². The van der Waals surface area contributed by atoms with E-state index in [0.29, 0.717) is 17.9 Å². The Morgan fingerprint density at radius 2 is 1.91 bits per heavy atom. The number of piperidine rings is 1. The number of pyridine rings is 2. The Balaban J connectivity index is 1.08. The van der Waals surface area contributed by atoms with Gasteiger partial charge in [0.1, 0.15) is 17.1 Å². The van der Waals surface area contributed by atoms with E-state index >= 15 is 0 Å². The minimum absolute atomic E-state index is 0.538. The summed E-state index contributed by atoms with van der Waals surface area (Å²) < 4.78 is 11.4. The van der Waals surface area contributed by atoms with Crippen LogP contribution < -0.4 is 9.47 Å². The molecule has 1 saturated carbocycles. The first-order chi connectivity index (χ1) is 17.3. The van der Waals surface area contributed by atoms with E-state index in [-0.39, 0.29) is 0 Å². The van der Waals surface area contributed by atoms with Gasteiger partial charge in [0.25, 0.3) is 0 Å². The van der Waals surface area contributed by atoms with Gasteiger partial charge in [-0.3, -0.25) is 9.88 Å². The lowest BCUT2D eigenvalue weighted by Crippen LogP contribution is -2.45. The largest absolute Gasteiger partial charge is 0.497 e. The molecule has 2 fully saturated rings. The van der Waals surface area contributed by atoms with Crippen LogP contribution in [0.15, 0.2) is 55.0 Å². The average Bonchev–Trinajstić information content (AvgIpc) is 3.41. The number of nitrogens with zero attached hydrogens (tertiary/aromatic N) is 3. The molecule has 1 aliphatic carbocycles. The Hall–Kier alpha value is -3.12. The van der Waals surface area contributed by atoms with E-state index in [1.807, 2.05) is 42.9 Å². The predicted molar refractivity (Wildman–Crippen MR) is 139 cm³/mol. The highest BCUT2D eigenvalue weighted by molar-refractivity contribution is 6.05. The number of rotatable bonds is 6. The van der Waals surface area contributed by atoms with E-state index in [4.69, 9.17) is 9.47 Å². The van der Waals surface area contributed by atoms with Crippen LogP contribution in [0.1, 0.15) is 43.6 Å². The number of aromatic nitrogens is 3. The van der Waals surface area contributed by atoms with Crippen LogP contribution in [-0.4, -0.2) is 52.7 Å². The van der Waals surface area contributed by atoms with Crippen LogP contribution >= 0.6 is 0 Å². The van der Waals surface area contributed by atoms with Crippen LogP contribution in [0.4, 0.5) is 0 Å². The molecule has 1 radical (unpaired) electrons. The van der Waals surface area contributed by atoms with Crippen LogP contribution in [-0.2, 0) is 0 Å². The van der Waals surface area contributed by atoms with Crippen molar-refractivity contribution >= 4 is 21.9 Å². The molecular formula is C29H33N4O2. The number of benzene rings is 1. The number of hydrogen-bond donors (Lipinski definition) is 1. The molecule has 3 unspecified atom stereocenters. The molecule has 6 heteroatoms. The van der Waals surface area contributed by atoms with Crippen molar-refractivity contribution in [2.45, 2.75) is 44.1 Å². The number of H-pyrrole nitrogens is 1. The SMILES string of the molecule is COc1ccc(OCC2CCCN(C3[CH]CC(c4ccnc5cnc6[nH]ccc6c45)CC3)C2)cc1. The second-order valence-corrected chi connectivity index (χ2v) is 9.96. The fraction of sp³-hybridized carbons (Fsp3) is 0.414. The highest BCUT2D eigenvalue weighted by atomic mass is 16.5. The van der Waals surface area contributed by atoms with Crippen LogP contribution in [0.2, 0.25) is 0 Å². The highest BCUT2D eigenvalue weighted by Crippen LogP contribution is 2.39. The van der Waals surface area contributed by atoms with Gasteiger partial charge in [-0.25, -0.2) is 4.98 Å². The molecule has 4 aromatic rings. The second-order valence-electron chi connectivity index (χ2n) is 9.96. The molecule has 3 atom stereocenters. The molecule has 2 aliphatic rings. The standard InChI is InChI=1S/C29H33N4O2/c1-34-23-8-10-24(11-9-23)35-19-20-3-2-16-33(18-20)22-6-4-21(5-7-22)25-12-14-30-27-17-32-29-26(28(25)27)13-15-31-29/h6,8-15,17,20-22H,2-5,7,16,18-19H2,1H3,(H,31,32). The molecule has 1 aliphatic heterocycles. The molecule has 1 saturated heterocycles. The van der Waals surface area contributed by atoms with Crippen molar-refractivity contribution < 1.29 is 9.47 Å². The number of methoxy groups -OCH3 is 1. The molecule has 0 spiro atoms. The Morgan fingerprint density at radius 3 is 2.74 bits per heavy atom. The number of nitrogens with one attached hydrogen (secondary N) is 1. The summed E-state index contributed by atoms with van der Waals surface area (Å²) in [5.41, 5.74) is 3.36. The minimum atomic E-state index is 0.538. The molecule has 181 valence electrons. The van der Waals surface area contributed by atoms with Crippen molar-refractivity contribution in [2.75, 3.05) is 26.8 Å². The first-order valence-electron chi connectivity index (χ1n) is 12.8. The molecule has 35 heavy (non-hydrogen) atoms. The van der Waals surface area contributed by atoms with Crippen molar-refractivity contribution in [2.24, 2.45) is 5.92 Å². The molecule has 0 bridgehead atoms. The summed E-state index contributed by atoms with van der Waals surface area (Å²) in [6.45, 7) is 3.09. The number of aromatic amines is 1. The van der Waals surface area contributed by atoms with Crippen molar-refractivity contribution in [1.82, 2.24) is 19.9 Å². The van der Waals surface area contributed by atoms with Crippen LogP contribution in [0.5, 0.6) is 11.5 Å². The number of hydrogen-bond acceptors (Lipinski definition) is 5. The maximum Gasteiger partial charge on any atom is 0.137 e. The van der Waals surface area contributed by atoms with Gasteiger partial charge < -0.3 is 14.5 Å². The summed E-state index contributed by atoms with van der Waals surface area (Å²) in [5.74, 6) is 2.90. The van der Waals surface area contributed by atoms with Crippen LogP contribution in [0, 0.1) is 12.3 Å². The monoisotopic (exact) mass is 469 g/mol. The molecule has 1 aromatic carbocycles. The lowest BCUT2D eigenvalue weighted by atomic mass is 9.79. The Morgan fingerprint density at radius 1 is 1.03 bits per heavy atom. The molecule has 6 nitrogen and oxygen atoms in total. The Bertz CT molecular complexity index is 1280. The van der Waals surface area contributed by atoms with Gasteiger partial charge in [-0.15, -0.1) is 0 Å². The zero-order valence-electron chi connectivity index (χ0n) is 20.3. The van der Waals surface area contributed by atoms with Gasteiger partial charge in [0.15, 0.2) is 0 Å². The summed E-state index contributed by atoms with van der Waals surface area (Å²) in [6, 6.07) is 12.8. The lowest BCUT2D eigenvalue weighted by Gasteiger charge is -2.41. The average molecular weight is 470 g/mol. The zero-order valence-corrected chi connectivity index (χ0v) is 20.3. The fourth-order valence-corrected chi connectivity index (χ4v) is 5.98. The van der Waals surface area contributed by atoms with Gasteiger partial charge in [-0.2, -0.15) is 0 Å². The second kappa shape index (κ2) is 9.86. The maximum absolute atomic E-state index is 6.12. The molecule has 3 aromatic heterocycles. The van der Waals surface area contributed by atoms with E-state index in [9.17, 15) is 0 Å². The number of likely N-dealkylation sites (tertiary alicyclic amines) is 1. The van der Waals surface area contributed by atoms with Gasteiger partial charge in [-0.1, -0.05) is 0 Å².